The molecule has 0 bridgehead atoms. The third kappa shape index (κ3) is 4.86. The average molecular weight is 362 g/mol. The predicted octanol–water partition coefficient (Wildman–Crippen LogP) is 4.13. The molecule has 1 amide bonds. The number of benzene rings is 2. The van der Waals surface area contributed by atoms with Crippen LogP contribution in [0.5, 0.6) is 0 Å². The second-order valence-corrected chi connectivity index (χ2v) is 6.65. The molecule has 0 atom stereocenters. The van der Waals surface area contributed by atoms with Crippen molar-refractivity contribution in [3.8, 4) is 0 Å². The number of aryl methyl sites for hydroxylation is 1. The normalized spacial score (nSPS) is 10.7. The summed E-state index contributed by atoms with van der Waals surface area (Å²) in [5.74, 6) is 0.0395. The van der Waals surface area contributed by atoms with E-state index in [0.29, 0.717) is 19.7 Å². The van der Waals surface area contributed by atoms with Crippen molar-refractivity contribution < 1.29 is 9.53 Å². The smallest absolute Gasteiger partial charge is 0.254 e. The molecule has 2 aromatic carbocycles. The first kappa shape index (κ1) is 18.9. The SMILES string of the molecule is COCCN(Cc1cccn1Cc1ccccc1)C(=O)c1ccccc1C. The van der Waals surface area contributed by atoms with Gasteiger partial charge in [-0.2, -0.15) is 0 Å². The van der Waals surface area contributed by atoms with E-state index >= 15 is 0 Å². The number of aromatic nitrogens is 1. The van der Waals surface area contributed by atoms with Gasteiger partial charge in [-0.05, 0) is 36.2 Å². The number of ether oxygens (including phenoxy) is 1. The Hall–Kier alpha value is -2.85. The maximum Gasteiger partial charge on any atom is 0.254 e. The van der Waals surface area contributed by atoms with Crippen molar-refractivity contribution in [1.82, 2.24) is 9.47 Å². The summed E-state index contributed by atoms with van der Waals surface area (Å²) in [4.78, 5) is 15.0. The van der Waals surface area contributed by atoms with Gasteiger partial charge in [0, 0.05) is 37.7 Å². The second-order valence-electron chi connectivity index (χ2n) is 6.65. The first-order valence-electron chi connectivity index (χ1n) is 9.21. The van der Waals surface area contributed by atoms with Crippen LogP contribution in [0.25, 0.3) is 0 Å². The van der Waals surface area contributed by atoms with Crippen LogP contribution in [0, 0.1) is 6.92 Å². The number of hydrogen-bond donors (Lipinski definition) is 0. The second kappa shape index (κ2) is 9.19. The molecule has 0 N–H and O–H groups in total. The third-order valence-corrected chi connectivity index (χ3v) is 4.70. The average Bonchev–Trinajstić information content (AvgIpc) is 3.12. The van der Waals surface area contributed by atoms with Crippen LogP contribution in [0.15, 0.2) is 72.9 Å². The summed E-state index contributed by atoms with van der Waals surface area (Å²) in [7, 11) is 1.66. The van der Waals surface area contributed by atoms with E-state index in [1.165, 1.54) is 5.56 Å². The number of carbonyl (C=O) groups is 1. The Balaban J connectivity index is 1.80. The molecule has 0 aliphatic carbocycles. The van der Waals surface area contributed by atoms with Gasteiger partial charge in [-0.3, -0.25) is 4.79 Å². The van der Waals surface area contributed by atoms with E-state index < -0.39 is 0 Å². The number of carbonyl (C=O) groups excluding carboxylic acids is 1. The van der Waals surface area contributed by atoms with E-state index in [9.17, 15) is 4.79 Å². The summed E-state index contributed by atoms with van der Waals surface area (Å²) in [5, 5.41) is 0. The zero-order chi connectivity index (χ0) is 19.1. The van der Waals surface area contributed by atoms with Crippen molar-refractivity contribution in [1.29, 1.82) is 0 Å². The van der Waals surface area contributed by atoms with Gasteiger partial charge in [0.1, 0.15) is 0 Å². The molecule has 27 heavy (non-hydrogen) atoms. The quantitative estimate of drug-likeness (QED) is 0.604. The highest BCUT2D eigenvalue weighted by molar-refractivity contribution is 5.95. The van der Waals surface area contributed by atoms with E-state index in [-0.39, 0.29) is 5.91 Å². The van der Waals surface area contributed by atoms with Crippen molar-refractivity contribution in [2.45, 2.75) is 20.0 Å². The van der Waals surface area contributed by atoms with Gasteiger partial charge >= 0.3 is 0 Å². The van der Waals surface area contributed by atoms with E-state index in [1.54, 1.807) is 7.11 Å². The van der Waals surface area contributed by atoms with Crippen LogP contribution >= 0.6 is 0 Å². The Bertz CT molecular complexity index is 871. The topological polar surface area (TPSA) is 34.5 Å². The number of nitrogens with zero attached hydrogens (tertiary/aromatic N) is 2. The fourth-order valence-electron chi connectivity index (χ4n) is 3.16. The lowest BCUT2D eigenvalue weighted by atomic mass is 10.1. The Morgan fingerprint density at radius 1 is 1.00 bits per heavy atom. The minimum Gasteiger partial charge on any atom is -0.383 e. The van der Waals surface area contributed by atoms with Crippen LogP contribution in [-0.4, -0.2) is 35.6 Å². The Labute approximate surface area is 161 Å². The van der Waals surface area contributed by atoms with Crippen LogP contribution in [0.4, 0.5) is 0 Å². The first-order valence-corrected chi connectivity index (χ1v) is 9.21. The molecule has 0 aliphatic rings. The van der Waals surface area contributed by atoms with Crippen molar-refractivity contribution >= 4 is 5.91 Å². The molecule has 0 spiro atoms. The molecule has 4 nitrogen and oxygen atoms in total. The highest BCUT2D eigenvalue weighted by Crippen LogP contribution is 2.15. The molecule has 0 saturated carbocycles. The van der Waals surface area contributed by atoms with Gasteiger partial charge in [-0.1, -0.05) is 48.5 Å². The molecule has 1 aromatic heterocycles. The number of methoxy groups -OCH3 is 1. The number of amides is 1. The zero-order valence-electron chi connectivity index (χ0n) is 16.0. The molecule has 0 radical (unpaired) electrons. The van der Waals surface area contributed by atoms with Crippen molar-refractivity contribution in [2.24, 2.45) is 0 Å². The Morgan fingerprint density at radius 2 is 1.74 bits per heavy atom. The van der Waals surface area contributed by atoms with Gasteiger partial charge in [0.25, 0.3) is 5.91 Å². The van der Waals surface area contributed by atoms with Crippen LogP contribution in [-0.2, 0) is 17.8 Å². The highest BCUT2D eigenvalue weighted by Gasteiger charge is 2.19. The zero-order valence-corrected chi connectivity index (χ0v) is 16.0. The van der Waals surface area contributed by atoms with Gasteiger partial charge in [0.05, 0.1) is 13.2 Å². The van der Waals surface area contributed by atoms with Crippen LogP contribution in [0.1, 0.15) is 27.2 Å². The van der Waals surface area contributed by atoms with Gasteiger partial charge < -0.3 is 14.2 Å². The maximum absolute atomic E-state index is 13.1. The Kier molecular flexibility index (Phi) is 6.44. The summed E-state index contributed by atoms with van der Waals surface area (Å²) in [6.45, 7) is 4.38. The number of rotatable bonds is 8. The molecule has 0 unspecified atom stereocenters. The van der Waals surface area contributed by atoms with Crippen molar-refractivity contribution in [3.63, 3.8) is 0 Å². The molecular weight excluding hydrogens is 336 g/mol. The minimum absolute atomic E-state index is 0.0395. The molecular formula is C23H26N2O2. The van der Waals surface area contributed by atoms with Crippen LogP contribution < -0.4 is 0 Å². The summed E-state index contributed by atoms with van der Waals surface area (Å²) >= 11 is 0. The van der Waals surface area contributed by atoms with Crippen molar-refractivity contribution in [3.05, 3.63) is 95.3 Å². The standard InChI is InChI=1S/C23H26N2O2/c1-19-9-6-7-13-22(19)23(26)25(15-16-27-2)18-21-12-8-14-24(21)17-20-10-4-3-5-11-20/h3-14H,15-18H2,1-2H3. The molecule has 0 saturated heterocycles. The summed E-state index contributed by atoms with van der Waals surface area (Å²) in [6.07, 6.45) is 2.06. The molecule has 0 aliphatic heterocycles. The molecule has 140 valence electrons. The van der Waals surface area contributed by atoms with Gasteiger partial charge in [-0.15, -0.1) is 0 Å². The number of hydrogen-bond acceptors (Lipinski definition) is 2. The first-order chi connectivity index (χ1) is 13.2. The summed E-state index contributed by atoms with van der Waals surface area (Å²) in [6, 6.07) is 22.2. The fourth-order valence-corrected chi connectivity index (χ4v) is 3.16. The van der Waals surface area contributed by atoms with E-state index in [1.807, 2.05) is 60.4 Å². The maximum atomic E-state index is 13.1. The minimum atomic E-state index is 0.0395. The van der Waals surface area contributed by atoms with Gasteiger partial charge in [0.15, 0.2) is 0 Å². The predicted molar refractivity (Wildman–Crippen MR) is 108 cm³/mol. The molecule has 4 heteroatoms. The lowest BCUT2D eigenvalue weighted by molar-refractivity contribution is 0.0675. The Morgan fingerprint density at radius 3 is 2.48 bits per heavy atom. The lowest BCUT2D eigenvalue weighted by Gasteiger charge is -2.24. The third-order valence-electron chi connectivity index (χ3n) is 4.70. The summed E-state index contributed by atoms with van der Waals surface area (Å²) in [5.41, 5.74) is 4.08. The summed E-state index contributed by atoms with van der Waals surface area (Å²) < 4.78 is 7.43. The lowest BCUT2D eigenvalue weighted by Crippen LogP contribution is -2.34. The largest absolute Gasteiger partial charge is 0.383 e. The van der Waals surface area contributed by atoms with Crippen LogP contribution in [0.3, 0.4) is 0 Å². The van der Waals surface area contributed by atoms with E-state index in [4.69, 9.17) is 4.74 Å². The molecule has 1 heterocycles. The van der Waals surface area contributed by atoms with E-state index in [2.05, 4.69) is 29.0 Å². The van der Waals surface area contributed by atoms with Gasteiger partial charge in [0.2, 0.25) is 0 Å². The highest BCUT2D eigenvalue weighted by atomic mass is 16.5. The van der Waals surface area contributed by atoms with Crippen LogP contribution in [0.2, 0.25) is 0 Å². The van der Waals surface area contributed by atoms with Gasteiger partial charge in [-0.25, -0.2) is 0 Å². The molecule has 0 fully saturated rings. The molecule has 3 aromatic rings. The monoisotopic (exact) mass is 362 g/mol. The fraction of sp³-hybridized carbons (Fsp3) is 0.261. The van der Waals surface area contributed by atoms with Crippen molar-refractivity contribution in [2.75, 3.05) is 20.3 Å². The molecule has 3 rings (SSSR count). The van der Waals surface area contributed by atoms with E-state index in [0.717, 1.165) is 23.4 Å².